The number of nitrogens with zero attached hydrogens (tertiary/aromatic N) is 2. The van der Waals surface area contributed by atoms with E-state index in [1.807, 2.05) is 0 Å². The Labute approximate surface area is 164 Å². The molecule has 28 heavy (non-hydrogen) atoms. The van der Waals surface area contributed by atoms with Gasteiger partial charge in [0.2, 0.25) is 0 Å². The van der Waals surface area contributed by atoms with Gasteiger partial charge in [-0.1, -0.05) is 29.8 Å². The van der Waals surface area contributed by atoms with Gasteiger partial charge in [-0.2, -0.15) is 0 Å². The molecule has 0 unspecified atom stereocenters. The van der Waals surface area contributed by atoms with Crippen LogP contribution in [0, 0.1) is 22.5 Å². The number of benzene rings is 2. The molecule has 0 aromatic heterocycles. The first-order valence-corrected chi connectivity index (χ1v) is 9.72. The quantitative estimate of drug-likeness (QED) is 0.551. The number of rotatable bonds is 3. The summed E-state index contributed by atoms with van der Waals surface area (Å²) in [6.45, 7) is 3.53. The van der Waals surface area contributed by atoms with Crippen molar-refractivity contribution in [1.82, 2.24) is 4.90 Å². The Hall–Kier alpha value is -2.89. The van der Waals surface area contributed by atoms with Gasteiger partial charge in [0, 0.05) is 25.2 Å². The zero-order valence-corrected chi connectivity index (χ0v) is 16.0. The van der Waals surface area contributed by atoms with Crippen LogP contribution in [-0.2, 0) is 0 Å². The Morgan fingerprint density at radius 1 is 1.14 bits per heavy atom. The number of non-ortho nitro benzene ring substituents is 1. The van der Waals surface area contributed by atoms with Gasteiger partial charge in [0.05, 0.1) is 4.92 Å². The van der Waals surface area contributed by atoms with Crippen LogP contribution in [-0.4, -0.2) is 29.0 Å². The molecule has 2 fully saturated rings. The van der Waals surface area contributed by atoms with E-state index in [2.05, 4.69) is 31.2 Å². The summed E-state index contributed by atoms with van der Waals surface area (Å²) in [5, 5.41) is 10.7. The lowest BCUT2D eigenvalue weighted by Crippen LogP contribution is -2.48. The molecule has 1 saturated heterocycles. The van der Waals surface area contributed by atoms with Gasteiger partial charge in [-0.15, -0.1) is 0 Å². The molecule has 1 amide bonds. The third kappa shape index (κ3) is 3.72. The van der Waals surface area contributed by atoms with Crippen LogP contribution in [0.25, 0.3) is 0 Å². The van der Waals surface area contributed by atoms with Gasteiger partial charge in [0.1, 0.15) is 5.75 Å². The van der Waals surface area contributed by atoms with Gasteiger partial charge in [-0.3, -0.25) is 10.1 Å². The molecule has 146 valence electrons. The standard InChI is InChI=1S/C22H24N2O4/c1-16-3-2-4-17(13-16)18-14-22(15-18)9-11-23(12-10-22)21(25)28-20-7-5-19(6-8-20)24(26)27/h2-8,13,18H,9-12,14-15H2,1H3. The summed E-state index contributed by atoms with van der Waals surface area (Å²) in [5.41, 5.74) is 3.08. The summed E-state index contributed by atoms with van der Waals surface area (Å²) in [5.74, 6) is 0.970. The van der Waals surface area contributed by atoms with Crippen molar-refractivity contribution < 1.29 is 14.5 Å². The van der Waals surface area contributed by atoms with Gasteiger partial charge >= 0.3 is 6.09 Å². The van der Waals surface area contributed by atoms with E-state index in [1.165, 1.54) is 48.2 Å². The number of aryl methyl sites for hydroxylation is 1. The fourth-order valence-electron chi connectivity index (χ4n) is 4.52. The Bertz CT molecular complexity index is 878. The van der Waals surface area contributed by atoms with E-state index in [0.29, 0.717) is 30.2 Å². The van der Waals surface area contributed by atoms with Crippen molar-refractivity contribution in [2.75, 3.05) is 13.1 Å². The molecule has 0 bridgehead atoms. The molecule has 1 aliphatic carbocycles. The molecule has 2 aromatic carbocycles. The largest absolute Gasteiger partial charge is 0.415 e. The first-order valence-electron chi connectivity index (χ1n) is 9.72. The maximum atomic E-state index is 12.4. The fraction of sp³-hybridized carbons (Fsp3) is 0.409. The molecule has 2 aromatic rings. The maximum Gasteiger partial charge on any atom is 0.415 e. The van der Waals surface area contributed by atoms with E-state index in [4.69, 9.17) is 4.74 Å². The molecule has 4 rings (SSSR count). The second-order valence-electron chi connectivity index (χ2n) is 8.13. The van der Waals surface area contributed by atoms with Crippen molar-refractivity contribution in [3.63, 3.8) is 0 Å². The topological polar surface area (TPSA) is 72.7 Å². The number of hydrogen-bond acceptors (Lipinski definition) is 4. The highest BCUT2D eigenvalue weighted by Crippen LogP contribution is 2.56. The van der Waals surface area contributed by atoms with Crippen molar-refractivity contribution >= 4 is 11.8 Å². The van der Waals surface area contributed by atoms with Crippen LogP contribution in [0.2, 0.25) is 0 Å². The zero-order valence-electron chi connectivity index (χ0n) is 16.0. The van der Waals surface area contributed by atoms with Crippen LogP contribution in [0.5, 0.6) is 5.75 Å². The molecule has 1 spiro atoms. The van der Waals surface area contributed by atoms with Gasteiger partial charge < -0.3 is 9.64 Å². The number of likely N-dealkylation sites (tertiary alicyclic amines) is 1. The summed E-state index contributed by atoms with van der Waals surface area (Å²) < 4.78 is 5.38. The normalized spacial score (nSPS) is 18.5. The van der Waals surface area contributed by atoms with Gasteiger partial charge in [0.25, 0.3) is 5.69 Å². The summed E-state index contributed by atoms with van der Waals surface area (Å²) in [6.07, 6.45) is 4.02. The van der Waals surface area contributed by atoms with Crippen molar-refractivity contribution in [1.29, 1.82) is 0 Å². The third-order valence-electron chi connectivity index (χ3n) is 6.21. The first kappa shape index (κ1) is 18.5. The van der Waals surface area contributed by atoms with E-state index < -0.39 is 4.92 Å². The molecule has 2 aliphatic rings. The minimum absolute atomic E-state index is 0.0205. The van der Waals surface area contributed by atoms with Crippen LogP contribution in [0.15, 0.2) is 48.5 Å². The average molecular weight is 380 g/mol. The van der Waals surface area contributed by atoms with E-state index in [9.17, 15) is 14.9 Å². The Kier molecular flexibility index (Phi) is 4.79. The number of piperidine rings is 1. The molecule has 0 N–H and O–H groups in total. The van der Waals surface area contributed by atoms with Gasteiger partial charge in [-0.05, 0) is 61.6 Å². The lowest BCUT2D eigenvalue weighted by molar-refractivity contribution is -0.384. The molecule has 6 nitrogen and oxygen atoms in total. The van der Waals surface area contributed by atoms with E-state index in [0.717, 1.165) is 12.8 Å². The number of ether oxygens (including phenoxy) is 1. The van der Waals surface area contributed by atoms with Crippen molar-refractivity contribution in [3.8, 4) is 5.75 Å². The second-order valence-corrected chi connectivity index (χ2v) is 8.13. The Morgan fingerprint density at radius 3 is 2.43 bits per heavy atom. The van der Waals surface area contributed by atoms with E-state index >= 15 is 0 Å². The van der Waals surface area contributed by atoms with Gasteiger partial charge in [0.15, 0.2) is 0 Å². The number of carbonyl (C=O) groups is 1. The number of amides is 1. The lowest BCUT2D eigenvalue weighted by Gasteiger charge is -2.52. The predicted molar refractivity (Wildman–Crippen MR) is 106 cm³/mol. The Morgan fingerprint density at radius 2 is 1.82 bits per heavy atom. The first-order chi connectivity index (χ1) is 13.4. The molecular formula is C22H24N2O4. The Balaban J connectivity index is 1.28. The smallest absolute Gasteiger partial charge is 0.410 e. The van der Waals surface area contributed by atoms with E-state index in [1.54, 1.807) is 4.90 Å². The third-order valence-corrected chi connectivity index (χ3v) is 6.21. The molecule has 0 atom stereocenters. The van der Waals surface area contributed by atoms with Crippen LogP contribution in [0.4, 0.5) is 10.5 Å². The van der Waals surface area contributed by atoms with Crippen LogP contribution in [0.3, 0.4) is 0 Å². The number of carbonyl (C=O) groups excluding carboxylic acids is 1. The molecule has 0 radical (unpaired) electrons. The highest BCUT2D eigenvalue weighted by Gasteiger charge is 2.46. The fourth-order valence-corrected chi connectivity index (χ4v) is 4.52. The maximum absolute atomic E-state index is 12.4. The lowest BCUT2D eigenvalue weighted by atomic mass is 9.56. The van der Waals surface area contributed by atoms with Crippen molar-refractivity contribution in [3.05, 3.63) is 69.8 Å². The predicted octanol–water partition coefficient (Wildman–Crippen LogP) is 5.06. The molecule has 1 aliphatic heterocycles. The van der Waals surface area contributed by atoms with Crippen LogP contribution in [0.1, 0.15) is 42.7 Å². The monoisotopic (exact) mass is 380 g/mol. The summed E-state index contributed by atoms with van der Waals surface area (Å²) in [4.78, 5) is 24.4. The summed E-state index contributed by atoms with van der Waals surface area (Å²) >= 11 is 0. The molecule has 1 heterocycles. The molecule has 6 heteroatoms. The highest BCUT2D eigenvalue weighted by molar-refractivity contribution is 5.71. The van der Waals surface area contributed by atoms with Crippen molar-refractivity contribution in [2.45, 2.75) is 38.5 Å². The number of nitro groups is 1. The number of hydrogen-bond donors (Lipinski definition) is 0. The average Bonchev–Trinajstić information content (AvgIpc) is 2.66. The van der Waals surface area contributed by atoms with E-state index in [-0.39, 0.29) is 11.8 Å². The summed E-state index contributed by atoms with van der Waals surface area (Å²) in [6, 6.07) is 14.4. The van der Waals surface area contributed by atoms with Crippen LogP contribution >= 0.6 is 0 Å². The second kappa shape index (κ2) is 7.26. The zero-order chi connectivity index (χ0) is 19.7. The number of nitro benzene ring substituents is 1. The molecular weight excluding hydrogens is 356 g/mol. The summed E-state index contributed by atoms with van der Waals surface area (Å²) in [7, 11) is 0. The minimum Gasteiger partial charge on any atom is -0.410 e. The van der Waals surface area contributed by atoms with Gasteiger partial charge in [-0.25, -0.2) is 4.79 Å². The highest BCUT2D eigenvalue weighted by atomic mass is 16.6. The molecule has 1 saturated carbocycles. The van der Waals surface area contributed by atoms with Crippen molar-refractivity contribution in [2.24, 2.45) is 5.41 Å². The SMILES string of the molecule is Cc1cccc(C2CC3(CCN(C(=O)Oc4ccc([N+](=O)[O-])cc4)CC3)C2)c1. The minimum atomic E-state index is -0.474. The van der Waals surface area contributed by atoms with Crippen LogP contribution < -0.4 is 4.74 Å².